The van der Waals surface area contributed by atoms with Gasteiger partial charge in [0.15, 0.2) is 0 Å². The third-order valence-electron chi connectivity index (χ3n) is 7.99. The zero-order chi connectivity index (χ0) is 22.1. The number of amides is 3. The van der Waals surface area contributed by atoms with Crippen LogP contribution in [-0.2, 0) is 22.7 Å². The summed E-state index contributed by atoms with van der Waals surface area (Å²) in [7, 11) is 0. The van der Waals surface area contributed by atoms with Crippen molar-refractivity contribution in [3.63, 3.8) is 0 Å². The molecule has 3 saturated heterocycles. The molecule has 5 rings (SSSR count). The molecule has 3 fully saturated rings. The van der Waals surface area contributed by atoms with Crippen molar-refractivity contribution in [2.45, 2.75) is 64.1 Å². The normalized spacial score (nSPS) is 27.9. The number of hydrogen-bond acceptors (Lipinski definition) is 5. The summed E-state index contributed by atoms with van der Waals surface area (Å²) in [6.07, 6.45) is 7.21. The summed E-state index contributed by atoms with van der Waals surface area (Å²) in [4.78, 5) is 41.1. The van der Waals surface area contributed by atoms with Crippen LogP contribution in [0.1, 0.15) is 66.4 Å². The summed E-state index contributed by atoms with van der Waals surface area (Å²) < 4.78 is 0. The molecule has 7 heteroatoms. The van der Waals surface area contributed by atoms with E-state index < -0.39 is 6.04 Å². The first kappa shape index (κ1) is 21.6. The lowest BCUT2D eigenvalue weighted by Gasteiger charge is -2.36. The largest absolute Gasteiger partial charge is 0.322 e. The third kappa shape index (κ3) is 4.33. The molecule has 4 aliphatic heterocycles. The van der Waals surface area contributed by atoms with Crippen molar-refractivity contribution < 1.29 is 14.4 Å². The molecular formula is C25H34N4O3. The van der Waals surface area contributed by atoms with Crippen molar-refractivity contribution in [2.24, 2.45) is 11.8 Å². The monoisotopic (exact) mass is 438 g/mol. The molecule has 3 amide bonds. The van der Waals surface area contributed by atoms with Crippen LogP contribution in [0.3, 0.4) is 0 Å². The Morgan fingerprint density at radius 3 is 2.56 bits per heavy atom. The van der Waals surface area contributed by atoms with Gasteiger partial charge in [0, 0.05) is 25.1 Å². The Hall–Kier alpha value is -2.25. The van der Waals surface area contributed by atoms with Crippen LogP contribution in [0.2, 0.25) is 0 Å². The first-order chi connectivity index (χ1) is 15.6. The molecule has 0 aliphatic carbocycles. The van der Waals surface area contributed by atoms with Gasteiger partial charge in [0.25, 0.3) is 5.91 Å². The fourth-order valence-corrected chi connectivity index (χ4v) is 6.14. The van der Waals surface area contributed by atoms with E-state index in [-0.39, 0.29) is 24.1 Å². The molecule has 32 heavy (non-hydrogen) atoms. The molecule has 2 N–H and O–H groups in total. The lowest BCUT2D eigenvalue weighted by atomic mass is 9.80. The van der Waals surface area contributed by atoms with E-state index in [1.807, 2.05) is 12.1 Å². The van der Waals surface area contributed by atoms with Gasteiger partial charge in [-0.3, -0.25) is 24.6 Å². The lowest BCUT2D eigenvalue weighted by molar-refractivity contribution is -0.136. The highest BCUT2D eigenvalue weighted by Gasteiger charge is 2.40. The predicted octanol–water partition coefficient (Wildman–Crippen LogP) is 2.05. The topological polar surface area (TPSA) is 81.8 Å². The smallest absolute Gasteiger partial charge is 0.255 e. The molecule has 0 aromatic heterocycles. The minimum atomic E-state index is -0.551. The van der Waals surface area contributed by atoms with Crippen molar-refractivity contribution in [1.82, 2.24) is 20.4 Å². The molecule has 1 aromatic rings. The number of benzene rings is 1. The van der Waals surface area contributed by atoms with Crippen LogP contribution in [0.15, 0.2) is 18.2 Å². The molecule has 4 heterocycles. The Morgan fingerprint density at radius 2 is 1.75 bits per heavy atom. The van der Waals surface area contributed by atoms with Crippen molar-refractivity contribution in [1.29, 1.82) is 0 Å². The quantitative estimate of drug-likeness (QED) is 0.704. The highest BCUT2D eigenvalue weighted by Crippen LogP contribution is 2.34. The second-order valence-electron chi connectivity index (χ2n) is 9.90. The molecule has 0 spiro atoms. The molecule has 2 atom stereocenters. The Balaban J connectivity index is 1.23. The Labute approximate surface area is 189 Å². The fourth-order valence-electron chi connectivity index (χ4n) is 6.14. The average Bonchev–Trinajstić information content (AvgIpc) is 2.96. The van der Waals surface area contributed by atoms with Crippen LogP contribution in [0, 0.1) is 11.8 Å². The molecule has 0 saturated carbocycles. The van der Waals surface area contributed by atoms with E-state index in [4.69, 9.17) is 0 Å². The number of fused-ring (bicyclic) bond motifs is 1. The van der Waals surface area contributed by atoms with Crippen LogP contribution in [0.4, 0.5) is 0 Å². The number of carbonyl (C=O) groups excluding carboxylic acids is 3. The van der Waals surface area contributed by atoms with Crippen LogP contribution >= 0.6 is 0 Å². The summed E-state index contributed by atoms with van der Waals surface area (Å²) in [6, 6.07) is 5.42. The van der Waals surface area contributed by atoms with Gasteiger partial charge in [0.1, 0.15) is 6.04 Å². The number of rotatable bonds is 4. The lowest BCUT2D eigenvalue weighted by Crippen LogP contribution is -2.52. The van der Waals surface area contributed by atoms with E-state index in [1.54, 1.807) is 4.90 Å². The van der Waals surface area contributed by atoms with Gasteiger partial charge in [-0.1, -0.05) is 12.1 Å². The standard InChI is InChI=1S/C25H34N4O3/c30-23-7-6-22(24(31)27-23)29-16-21-19(3-1-5-20(21)25(29)32)15-28-13-9-18(10-14-28)17-4-2-11-26-12-8-17/h1,3,5,17-18,22,26H,2,4,6-16H2,(H,27,30,31). The SMILES string of the molecule is O=C1CCC(N2Cc3c(CN4CCC(C5CCCNCC5)CC4)cccc3C2=O)C(=O)N1. The summed E-state index contributed by atoms with van der Waals surface area (Å²) in [5.74, 6) is 1.03. The summed E-state index contributed by atoms with van der Waals surface area (Å²) in [5, 5.41) is 5.92. The molecule has 7 nitrogen and oxygen atoms in total. The number of imide groups is 1. The van der Waals surface area contributed by atoms with Gasteiger partial charge in [-0.15, -0.1) is 0 Å². The molecule has 0 bridgehead atoms. The van der Waals surface area contributed by atoms with E-state index in [1.165, 1.54) is 50.8 Å². The summed E-state index contributed by atoms with van der Waals surface area (Å²) >= 11 is 0. The molecule has 1 aromatic carbocycles. The maximum atomic E-state index is 13.1. The van der Waals surface area contributed by atoms with E-state index in [0.29, 0.717) is 18.5 Å². The third-order valence-corrected chi connectivity index (χ3v) is 7.99. The predicted molar refractivity (Wildman–Crippen MR) is 121 cm³/mol. The summed E-state index contributed by atoms with van der Waals surface area (Å²) in [5.41, 5.74) is 2.97. The molecular weight excluding hydrogens is 404 g/mol. The van der Waals surface area contributed by atoms with Crippen LogP contribution in [-0.4, -0.2) is 59.7 Å². The number of carbonyl (C=O) groups is 3. The number of nitrogens with one attached hydrogen (secondary N) is 2. The van der Waals surface area contributed by atoms with Gasteiger partial charge in [-0.05, 0) is 93.7 Å². The first-order valence-corrected chi connectivity index (χ1v) is 12.3. The average molecular weight is 439 g/mol. The van der Waals surface area contributed by atoms with Crippen molar-refractivity contribution in [3.05, 3.63) is 34.9 Å². The van der Waals surface area contributed by atoms with E-state index in [9.17, 15) is 14.4 Å². The molecule has 2 unspecified atom stereocenters. The molecule has 4 aliphatic rings. The maximum absolute atomic E-state index is 13.1. The van der Waals surface area contributed by atoms with Gasteiger partial charge >= 0.3 is 0 Å². The van der Waals surface area contributed by atoms with Crippen LogP contribution in [0.25, 0.3) is 0 Å². The first-order valence-electron chi connectivity index (χ1n) is 12.3. The van der Waals surface area contributed by atoms with Gasteiger partial charge < -0.3 is 10.2 Å². The number of likely N-dealkylation sites (tertiary alicyclic amines) is 1. The van der Waals surface area contributed by atoms with E-state index in [0.717, 1.165) is 37.0 Å². The molecule has 172 valence electrons. The number of piperidine rings is 2. The zero-order valence-corrected chi connectivity index (χ0v) is 18.8. The summed E-state index contributed by atoms with van der Waals surface area (Å²) in [6.45, 7) is 5.88. The number of hydrogen-bond donors (Lipinski definition) is 2. The van der Waals surface area contributed by atoms with E-state index >= 15 is 0 Å². The molecule has 0 radical (unpaired) electrons. The zero-order valence-electron chi connectivity index (χ0n) is 18.8. The van der Waals surface area contributed by atoms with Crippen molar-refractivity contribution in [3.8, 4) is 0 Å². The Morgan fingerprint density at radius 1 is 0.938 bits per heavy atom. The highest BCUT2D eigenvalue weighted by molar-refractivity contribution is 6.05. The van der Waals surface area contributed by atoms with Gasteiger partial charge in [-0.25, -0.2) is 0 Å². The van der Waals surface area contributed by atoms with Gasteiger partial charge in [0.05, 0.1) is 0 Å². The number of nitrogens with zero attached hydrogens (tertiary/aromatic N) is 2. The minimum Gasteiger partial charge on any atom is -0.322 e. The van der Waals surface area contributed by atoms with Gasteiger partial charge in [-0.2, -0.15) is 0 Å². The van der Waals surface area contributed by atoms with Crippen LogP contribution < -0.4 is 10.6 Å². The minimum absolute atomic E-state index is 0.0861. The Kier molecular flexibility index (Phi) is 6.28. The van der Waals surface area contributed by atoms with Gasteiger partial charge in [0.2, 0.25) is 11.8 Å². The highest BCUT2D eigenvalue weighted by atomic mass is 16.2. The maximum Gasteiger partial charge on any atom is 0.255 e. The Bertz CT molecular complexity index is 885. The fraction of sp³-hybridized carbons (Fsp3) is 0.640. The van der Waals surface area contributed by atoms with Crippen molar-refractivity contribution in [2.75, 3.05) is 26.2 Å². The van der Waals surface area contributed by atoms with Crippen molar-refractivity contribution >= 4 is 17.7 Å². The second-order valence-corrected chi connectivity index (χ2v) is 9.90. The second kappa shape index (κ2) is 9.32. The van der Waals surface area contributed by atoms with E-state index in [2.05, 4.69) is 21.6 Å². The van der Waals surface area contributed by atoms with Crippen LogP contribution in [0.5, 0.6) is 0 Å².